The molecule has 31 heavy (non-hydrogen) atoms. The predicted molar refractivity (Wildman–Crippen MR) is 124 cm³/mol. The normalized spacial score (nSPS) is 20.2. The van der Waals surface area contributed by atoms with Crippen LogP contribution in [0.25, 0.3) is 0 Å². The van der Waals surface area contributed by atoms with E-state index in [4.69, 9.17) is 0 Å². The van der Waals surface area contributed by atoms with Crippen molar-refractivity contribution in [3.8, 4) is 0 Å². The van der Waals surface area contributed by atoms with Gasteiger partial charge in [0.05, 0.1) is 6.42 Å². The van der Waals surface area contributed by atoms with E-state index in [9.17, 15) is 9.59 Å². The van der Waals surface area contributed by atoms with Crippen molar-refractivity contribution in [3.05, 3.63) is 57.8 Å². The Balaban J connectivity index is 1.29. The van der Waals surface area contributed by atoms with Crippen molar-refractivity contribution in [3.63, 3.8) is 0 Å². The molecule has 2 aromatic rings. The summed E-state index contributed by atoms with van der Waals surface area (Å²) < 4.78 is 0. The first-order chi connectivity index (χ1) is 15.1. The molecule has 0 radical (unpaired) electrons. The smallest absolute Gasteiger partial charge is 0.243 e. The Morgan fingerprint density at radius 1 is 1.06 bits per heavy atom. The minimum Gasteiger partial charge on any atom is -0.350 e. The standard InChI is InChI=1S/C24H32N4O2S/c1-26-10-12-27(13-11-26)18-20-6-2-5-19(15-20)17-25-24(30)22-8-3-9-28(22)23(29)16-21-7-4-14-31-21/h2,4-7,14-15,22H,3,8-13,16-18H2,1H3,(H,25,30). The Bertz CT molecular complexity index is 877. The SMILES string of the molecule is CN1CCN(Cc2cccc(CNC(=O)C3CCCN3C(=O)Cc3cccs3)c2)CC1. The molecule has 2 amide bonds. The van der Waals surface area contributed by atoms with Crippen LogP contribution in [0.4, 0.5) is 0 Å². The van der Waals surface area contributed by atoms with Gasteiger partial charge in [-0.2, -0.15) is 0 Å². The molecule has 2 aliphatic heterocycles. The number of amides is 2. The number of piperazine rings is 1. The van der Waals surface area contributed by atoms with Crippen molar-refractivity contribution in [2.45, 2.75) is 38.4 Å². The van der Waals surface area contributed by atoms with Crippen molar-refractivity contribution < 1.29 is 9.59 Å². The summed E-state index contributed by atoms with van der Waals surface area (Å²) in [5, 5.41) is 5.05. The highest BCUT2D eigenvalue weighted by Gasteiger charge is 2.33. The third-order valence-corrected chi connectivity index (χ3v) is 7.12. The van der Waals surface area contributed by atoms with Gasteiger partial charge in [0.2, 0.25) is 11.8 Å². The number of likely N-dealkylation sites (tertiary alicyclic amines) is 1. The quantitative estimate of drug-likeness (QED) is 0.718. The Hall–Kier alpha value is -2.22. The number of likely N-dealkylation sites (N-methyl/N-ethyl adjacent to an activating group) is 1. The Morgan fingerprint density at radius 3 is 2.65 bits per heavy atom. The molecule has 7 heteroatoms. The van der Waals surface area contributed by atoms with Gasteiger partial charge in [0, 0.05) is 50.7 Å². The lowest BCUT2D eigenvalue weighted by Gasteiger charge is -2.32. The summed E-state index contributed by atoms with van der Waals surface area (Å²) in [7, 11) is 2.17. The van der Waals surface area contributed by atoms with Gasteiger partial charge in [0.25, 0.3) is 0 Å². The molecule has 1 aromatic carbocycles. The number of carbonyl (C=O) groups excluding carboxylic acids is 2. The van der Waals surface area contributed by atoms with Crippen LogP contribution in [0.1, 0.15) is 28.8 Å². The second-order valence-electron chi connectivity index (χ2n) is 8.62. The molecule has 166 valence electrons. The molecular formula is C24H32N4O2S. The lowest BCUT2D eigenvalue weighted by atomic mass is 10.1. The van der Waals surface area contributed by atoms with Crippen LogP contribution in [-0.4, -0.2) is 72.3 Å². The molecule has 0 spiro atoms. The van der Waals surface area contributed by atoms with E-state index < -0.39 is 0 Å². The number of nitrogens with zero attached hydrogens (tertiary/aromatic N) is 3. The van der Waals surface area contributed by atoms with Gasteiger partial charge in [-0.3, -0.25) is 14.5 Å². The maximum atomic E-state index is 12.9. The predicted octanol–water partition coefficient (Wildman–Crippen LogP) is 2.35. The molecule has 3 heterocycles. The summed E-state index contributed by atoms with van der Waals surface area (Å²) in [6.07, 6.45) is 2.01. The first kappa shape index (κ1) is 22.0. The fraction of sp³-hybridized carbons (Fsp3) is 0.500. The van der Waals surface area contributed by atoms with E-state index in [1.807, 2.05) is 17.5 Å². The number of hydrogen-bond acceptors (Lipinski definition) is 5. The second kappa shape index (κ2) is 10.4. The summed E-state index contributed by atoms with van der Waals surface area (Å²) in [5.74, 6) is 0.00998. The number of benzene rings is 1. The Morgan fingerprint density at radius 2 is 1.87 bits per heavy atom. The van der Waals surface area contributed by atoms with Crippen LogP contribution in [0.2, 0.25) is 0 Å². The molecule has 0 saturated carbocycles. The van der Waals surface area contributed by atoms with Crippen LogP contribution < -0.4 is 5.32 Å². The highest BCUT2D eigenvalue weighted by molar-refractivity contribution is 7.10. The zero-order chi connectivity index (χ0) is 21.6. The van der Waals surface area contributed by atoms with Crippen molar-refractivity contribution in [2.24, 2.45) is 0 Å². The summed E-state index contributed by atoms with van der Waals surface area (Å²) in [5.41, 5.74) is 2.39. The molecule has 0 bridgehead atoms. The first-order valence-electron chi connectivity index (χ1n) is 11.2. The summed E-state index contributed by atoms with van der Waals surface area (Å²) in [4.78, 5) is 33.2. The van der Waals surface area contributed by atoms with Crippen molar-refractivity contribution in [1.29, 1.82) is 0 Å². The molecule has 2 fully saturated rings. The molecule has 6 nitrogen and oxygen atoms in total. The molecule has 1 atom stereocenters. The van der Waals surface area contributed by atoms with E-state index in [-0.39, 0.29) is 17.9 Å². The minimum absolute atomic E-state index is 0.0403. The third-order valence-electron chi connectivity index (χ3n) is 6.24. The van der Waals surface area contributed by atoms with Crippen LogP contribution in [-0.2, 0) is 29.1 Å². The molecule has 1 N–H and O–H groups in total. The van der Waals surface area contributed by atoms with Gasteiger partial charge >= 0.3 is 0 Å². The number of carbonyl (C=O) groups is 2. The van der Waals surface area contributed by atoms with Crippen molar-refractivity contribution in [2.75, 3.05) is 39.8 Å². The lowest BCUT2D eigenvalue weighted by molar-refractivity contribution is -0.138. The number of nitrogens with one attached hydrogen (secondary N) is 1. The summed E-state index contributed by atoms with van der Waals surface area (Å²) in [6.45, 7) is 6.52. The van der Waals surface area contributed by atoms with E-state index in [1.165, 1.54) is 5.56 Å². The van der Waals surface area contributed by atoms with Gasteiger partial charge in [-0.1, -0.05) is 30.3 Å². The number of rotatable bonds is 7. The zero-order valence-electron chi connectivity index (χ0n) is 18.3. The average Bonchev–Trinajstić information content (AvgIpc) is 3.46. The largest absolute Gasteiger partial charge is 0.350 e. The molecule has 1 unspecified atom stereocenters. The first-order valence-corrected chi connectivity index (χ1v) is 12.0. The minimum atomic E-state index is -0.346. The monoisotopic (exact) mass is 440 g/mol. The van der Waals surface area contributed by atoms with Crippen LogP contribution in [0.15, 0.2) is 41.8 Å². The van der Waals surface area contributed by atoms with Gasteiger partial charge in [-0.25, -0.2) is 0 Å². The number of thiophene rings is 1. The van der Waals surface area contributed by atoms with Crippen LogP contribution in [0.5, 0.6) is 0 Å². The van der Waals surface area contributed by atoms with E-state index in [1.54, 1.807) is 16.2 Å². The highest BCUT2D eigenvalue weighted by atomic mass is 32.1. The molecular weight excluding hydrogens is 408 g/mol. The molecule has 0 aliphatic carbocycles. The summed E-state index contributed by atoms with van der Waals surface area (Å²) in [6, 6.07) is 12.1. The van der Waals surface area contributed by atoms with Crippen molar-refractivity contribution >= 4 is 23.2 Å². The van der Waals surface area contributed by atoms with Gasteiger partial charge < -0.3 is 15.1 Å². The average molecular weight is 441 g/mol. The Kier molecular flexibility index (Phi) is 7.37. The Labute approximate surface area is 188 Å². The topological polar surface area (TPSA) is 55.9 Å². The third kappa shape index (κ3) is 5.93. The fourth-order valence-corrected chi connectivity index (χ4v) is 5.11. The van der Waals surface area contributed by atoms with E-state index in [0.717, 1.165) is 56.0 Å². The maximum Gasteiger partial charge on any atom is 0.243 e. The van der Waals surface area contributed by atoms with E-state index in [2.05, 4.69) is 46.4 Å². The summed E-state index contributed by atoms with van der Waals surface area (Å²) >= 11 is 1.59. The molecule has 4 rings (SSSR count). The molecule has 2 aliphatic rings. The fourth-order valence-electron chi connectivity index (χ4n) is 4.41. The second-order valence-corrected chi connectivity index (χ2v) is 9.65. The van der Waals surface area contributed by atoms with E-state index in [0.29, 0.717) is 19.5 Å². The van der Waals surface area contributed by atoms with Crippen LogP contribution in [0.3, 0.4) is 0 Å². The van der Waals surface area contributed by atoms with E-state index >= 15 is 0 Å². The van der Waals surface area contributed by atoms with Gasteiger partial charge in [-0.05, 0) is 42.5 Å². The van der Waals surface area contributed by atoms with Gasteiger partial charge in [0.15, 0.2) is 0 Å². The highest BCUT2D eigenvalue weighted by Crippen LogP contribution is 2.20. The van der Waals surface area contributed by atoms with Gasteiger partial charge in [0.1, 0.15) is 6.04 Å². The molecule has 1 aromatic heterocycles. The maximum absolute atomic E-state index is 12.9. The lowest BCUT2D eigenvalue weighted by Crippen LogP contribution is -2.46. The van der Waals surface area contributed by atoms with Gasteiger partial charge in [-0.15, -0.1) is 11.3 Å². The van der Waals surface area contributed by atoms with Crippen LogP contribution in [0, 0.1) is 0 Å². The zero-order valence-corrected chi connectivity index (χ0v) is 19.1. The molecule has 2 saturated heterocycles. The van der Waals surface area contributed by atoms with Crippen molar-refractivity contribution in [1.82, 2.24) is 20.0 Å². The van der Waals surface area contributed by atoms with Crippen LogP contribution >= 0.6 is 11.3 Å². The number of hydrogen-bond donors (Lipinski definition) is 1.